The van der Waals surface area contributed by atoms with Crippen molar-refractivity contribution in [3.63, 3.8) is 0 Å². The summed E-state index contributed by atoms with van der Waals surface area (Å²) in [7, 11) is 0. The molecule has 3 aliphatic heterocycles. The van der Waals surface area contributed by atoms with E-state index in [0.29, 0.717) is 23.1 Å². The van der Waals surface area contributed by atoms with Gasteiger partial charge in [-0.3, -0.25) is 9.69 Å². The Labute approximate surface area is 194 Å². The molecule has 0 bridgehead atoms. The predicted molar refractivity (Wildman–Crippen MR) is 127 cm³/mol. The summed E-state index contributed by atoms with van der Waals surface area (Å²) in [5.41, 5.74) is 1.59. The highest BCUT2D eigenvalue weighted by Crippen LogP contribution is 2.30. The van der Waals surface area contributed by atoms with Crippen LogP contribution in [0.4, 0.5) is 5.82 Å². The first-order chi connectivity index (χ1) is 15.7. The first kappa shape index (κ1) is 21.3. The normalized spacial score (nSPS) is 21.5. The van der Waals surface area contributed by atoms with E-state index in [2.05, 4.69) is 20.9 Å². The molecule has 2 aromatic rings. The third-order valence-corrected chi connectivity index (χ3v) is 6.86. The highest BCUT2D eigenvalue weighted by molar-refractivity contribution is 6.30. The molecule has 1 amide bonds. The zero-order chi connectivity index (χ0) is 21.9. The highest BCUT2D eigenvalue weighted by Gasteiger charge is 2.29. The fourth-order valence-electron chi connectivity index (χ4n) is 4.94. The van der Waals surface area contributed by atoms with Crippen LogP contribution in [0.25, 0.3) is 6.08 Å². The SMILES string of the molecule is O=C(C1=Cc2cc(Cl)ccc2OC1)N1CCCC(CN2CCN(c3ccccn3)CC2)C1. The molecule has 168 valence electrons. The number of amides is 1. The molecule has 3 aliphatic rings. The van der Waals surface area contributed by atoms with Crippen molar-refractivity contribution in [1.29, 1.82) is 0 Å². The first-order valence-electron chi connectivity index (χ1n) is 11.5. The fraction of sp³-hybridized carbons (Fsp3) is 0.440. The van der Waals surface area contributed by atoms with E-state index >= 15 is 0 Å². The Bertz CT molecular complexity index is 989. The fourth-order valence-corrected chi connectivity index (χ4v) is 5.12. The van der Waals surface area contributed by atoms with E-state index in [1.807, 2.05) is 47.5 Å². The lowest BCUT2D eigenvalue weighted by atomic mass is 9.96. The number of pyridine rings is 1. The molecule has 1 aromatic heterocycles. The maximum Gasteiger partial charge on any atom is 0.253 e. The minimum absolute atomic E-state index is 0.0975. The topological polar surface area (TPSA) is 48.9 Å². The van der Waals surface area contributed by atoms with Crippen molar-refractivity contribution >= 4 is 29.4 Å². The van der Waals surface area contributed by atoms with Crippen molar-refractivity contribution < 1.29 is 9.53 Å². The molecule has 0 N–H and O–H groups in total. The lowest BCUT2D eigenvalue weighted by Crippen LogP contribution is -2.50. The average Bonchev–Trinajstić information content (AvgIpc) is 2.84. The van der Waals surface area contributed by atoms with Crippen LogP contribution in [0.15, 0.2) is 48.2 Å². The minimum Gasteiger partial charge on any atom is -0.488 e. The van der Waals surface area contributed by atoms with Gasteiger partial charge in [-0.15, -0.1) is 0 Å². The van der Waals surface area contributed by atoms with Crippen LogP contribution in [0.1, 0.15) is 18.4 Å². The summed E-state index contributed by atoms with van der Waals surface area (Å²) < 4.78 is 5.81. The second-order valence-electron chi connectivity index (χ2n) is 8.88. The number of hydrogen-bond donors (Lipinski definition) is 0. The third-order valence-electron chi connectivity index (χ3n) is 6.63. The van der Waals surface area contributed by atoms with Gasteiger partial charge < -0.3 is 14.5 Å². The number of likely N-dealkylation sites (tertiary alicyclic amines) is 1. The van der Waals surface area contributed by atoms with Crippen LogP contribution in [0.2, 0.25) is 5.02 Å². The number of nitrogens with zero attached hydrogens (tertiary/aromatic N) is 4. The van der Waals surface area contributed by atoms with Crippen LogP contribution in [0, 0.1) is 5.92 Å². The standard InChI is InChI=1S/C25H29ClN4O2/c26-22-6-7-23-20(15-22)14-21(18-32-23)25(31)30-9-3-4-19(17-30)16-28-10-12-29(13-11-28)24-5-1-2-8-27-24/h1-2,5-8,14-15,19H,3-4,9-13,16-18H2. The lowest BCUT2D eigenvalue weighted by molar-refractivity contribution is -0.129. The van der Waals surface area contributed by atoms with Crippen LogP contribution >= 0.6 is 11.6 Å². The summed E-state index contributed by atoms with van der Waals surface area (Å²) in [6.07, 6.45) is 6.03. The number of piperazine rings is 1. The number of halogens is 1. The number of fused-ring (bicyclic) bond motifs is 1. The van der Waals surface area contributed by atoms with Crippen LogP contribution in [-0.2, 0) is 4.79 Å². The molecular formula is C25H29ClN4O2. The van der Waals surface area contributed by atoms with Gasteiger partial charge in [-0.1, -0.05) is 17.7 Å². The smallest absolute Gasteiger partial charge is 0.253 e. The Morgan fingerprint density at radius 1 is 1.12 bits per heavy atom. The molecule has 1 aromatic carbocycles. The second-order valence-corrected chi connectivity index (χ2v) is 9.31. The van der Waals surface area contributed by atoms with Crippen LogP contribution in [0.5, 0.6) is 5.75 Å². The number of rotatable bonds is 4. The Morgan fingerprint density at radius 2 is 2.00 bits per heavy atom. The van der Waals surface area contributed by atoms with Crippen molar-refractivity contribution in [1.82, 2.24) is 14.8 Å². The summed E-state index contributed by atoms with van der Waals surface area (Å²) >= 11 is 6.12. The lowest BCUT2D eigenvalue weighted by Gasteiger charge is -2.40. The molecule has 1 atom stereocenters. The maximum absolute atomic E-state index is 13.2. The monoisotopic (exact) mass is 452 g/mol. The second kappa shape index (κ2) is 9.51. The molecule has 4 heterocycles. The van der Waals surface area contributed by atoms with Crippen molar-refractivity contribution in [2.75, 3.05) is 57.3 Å². The molecule has 0 aliphatic carbocycles. The molecule has 2 saturated heterocycles. The number of piperidine rings is 1. The number of carbonyl (C=O) groups is 1. The van der Waals surface area contributed by atoms with Crippen molar-refractivity contribution in [2.45, 2.75) is 12.8 Å². The number of carbonyl (C=O) groups excluding carboxylic acids is 1. The van der Waals surface area contributed by atoms with E-state index in [1.54, 1.807) is 0 Å². The molecule has 2 fully saturated rings. The van der Waals surface area contributed by atoms with Gasteiger partial charge in [-0.05, 0) is 55.2 Å². The highest BCUT2D eigenvalue weighted by atomic mass is 35.5. The minimum atomic E-state index is 0.0975. The number of anilines is 1. The van der Waals surface area contributed by atoms with E-state index in [-0.39, 0.29) is 5.91 Å². The van der Waals surface area contributed by atoms with E-state index in [4.69, 9.17) is 16.3 Å². The summed E-state index contributed by atoms with van der Waals surface area (Å²) in [4.78, 5) is 24.6. The Morgan fingerprint density at radius 3 is 2.81 bits per heavy atom. The quantitative estimate of drug-likeness (QED) is 0.709. The zero-order valence-electron chi connectivity index (χ0n) is 18.3. The van der Waals surface area contributed by atoms with Gasteiger partial charge in [0.1, 0.15) is 18.2 Å². The van der Waals surface area contributed by atoms with Gasteiger partial charge in [0, 0.05) is 62.6 Å². The van der Waals surface area contributed by atoms with Crippen LogP contribution < -0.4 is 9.64 Å². The van der Waals surface area contributed by atoms with E-state index < -0.39 is 0 Å². The van der Waals surface area contributed by atoms with Crippen molar-refractivity contribution in [3.8, 4) is 5.75 Å². The van der Waals surface area contributed by atoms with Crippen molar-refractivity contribution in [3.05, 3.63) is 58.8 Å². The molecule has 0 spiro atoms. The predicted octanol–water partition coefficient (Wildman–Crippen LogP) is 3.57. The van der Waals surface area contributed by atoms with Gasteiger partial charge in [0.2, 0.25) is 0 Å². The average molecular weight is 453 g/mol. The molecule has 6 nitrogen and oxygen atoms in total. The summed E-state index contributed by atoms with van der Waals surface area (Å²) in [6, 6.07) is 11.6. The summed E-state index contributed by atoms with van der Waals surface area (Å²) in [5.74, 6) is 2.46. The van der Waals surface area contributed by atoms with Gasteiger partial charge in [-0.2, -0.15) is 0 Å². The Hall–Kier alpha value is -2.57. The Balaban J connectivity index is 1.16. The molecule has 7 heteroatoms. The van der Waals surface area contributed by atoms with Gasteiger partial charge in [0.15, 0.2) is 0 Å². The molecule has 1 unspecified atom stereocenters. The third kappa shape index (κ3) is 4.76. The Kier molecular flexibility index (Phi) is 6.32. The molecule has 5 rings (SSSR count). The number of aromatic nitrogens is 1. The maximum atomic E-state index is 13.2. The van der Waals surface area contributed by atoms with Crippen molar-refractivity contribution in [2.24, 2.45) is 5.92 Å². The molecule has 0 radical (unpaired) electrons. The van der Waals surface area contributed by atoms with Gasteiger partial charge in [0.25, 0.3) is 5.91 Å². The van der Waals surface area contributed by atoms with E-state index in [9.17, 15) is 4.79 Å². The van der Waals surface area contributed by atoms with Crippen LogP contribution in [0.3, 0.4) is 0 Å². The van der Waals surface area contributed by atoms with Gasteiger partial charge >= 0.3 is 0 Å². The number of ether oxygens (including phenoxy) is 1. The largest absolute Gasteiger partial charge is 0.488 e. The molecular weight excluding hydrogens is 424 g/mol. The molecule has 32 heavy (non-hydrogen) atoms. The summed E-state index contributed by atoms with van der Waals surface area (Å²) in [6.45, 7) is 7.09. The molecule has 0 saturated carbocycles. The van der Waals surface area contributed by atoms with E-state index in [1.165, 1.54) is 6.42 Å². The first-order valence-corrected chi connectivity index (χ1v) is 11.8. The van der Waals surface area contributed by atoms with Gasteiger partial charge in [-0.25, -0.2) is 4.98 Å². The number of benzene rings is 1. The number of hydrogen-bond acceptors (Lipinski definition) is 5. The zero-order valence-corrected chi connectivity index (χ0v) is 19.0. The van der Waals surface area contributed by atoms with E-state index in [0.717, 1.165) is 69.4 Å². The van der Waals surface area contributed by atoms with Gasteiger partial charge in [0.05, 0.1) is 5.57 Å². The van der Waals surface area contributed by atoms with Crippen LogP contribution in [-0.4, -0.2) is 73.1 Å². The summed E-state index contributed by atoms with van der Waals surface area (Å²) in [5, 5.41) is 0.651.